The summed E-state index contributed by atoms with van der Waals surface area (Å²) in [7, 11) is 0. The molecule has 3 aromatic rings. The molecule has 0 amide bonds. The van der Waals surface area contributed by atoms with Gasteiger partial charge in [-0.25, -0.2) is 9.59 Å². The average molecular weight is 273 g/mol. The van der Waals surface area contributed by atoms with Gasteiger partial charge >= 0.3 is 11.9 Å². The van der Waals surface area contributed by atoms with Crippen LogP contribution in [0.1, 0.15) is 21.0 Å². The van der Waals surface area contributed by atoms with Crippen LogP contribution in [0.25, 0.3) is 22.6 Å². The van der Waals surface area contributed by atoms with Crippen molar-refractivity contribution < 1.29 is 28.6 Å². The lowest BCUT2D eigenvalue weighted by molar-refractivity contribution is 0.0624. The van der Waals surface area contributed by atoms with Gasteiger partial charge in [0.05, 0.1) is 0 Å². The molecular weight excluding hydrogens is 266 g/mol. The SMILES string of the molecule is O=C(O)c1nc(-c2cc3ccccc3o2)oc1C(=O)O. The Bertz CT molecular complexity index is 764. The topological polar surface area (TPSA) is 114 Å². The third-order valence-corrected chi connectivity index (χ3v) is 2.66. The van der Waals surface area contributed by atoms with Crippen molar-refractivity contribution in [3.8, 4) is 11.7 Å². The number of oxazole rings is 1. The van der Waals surface area contributed by atoms with E-state index in [1.165, 1.54) is 0 Å². The van der Waals surface area contributed by atoms with Gasteiger partial charge in [0.2, 0.25) is 11.5 Å². The fourth-order valence-corrected chi connectivity index (χ4v) is 1.80. The van der Waals surface area contributed by atoms with Crippen molar-refractivity contribution in [1.29, 1.82) is 0 Å². The molecule has 0 saturated carbocycles. The normalized spacial score (nSPS) is 10.8. The molecule has 20 heavy (non-hydrogen) atoms. The lowest BCUT2D eigenvalue weighted by Crippen LogP contribution is -2.05. The highest BCUT2D eigenvalue weighted by Gasteiger charge is 2.26. The van der Waals surface area contributed by atoms with E-state index in [0.717, 1.165) is 5.39 Å². The molecule has 7 heteroatoms. The molecule has 0 fully saturated rings. The van der Waals surface area contributed by atoms with Crippen molar-refractivity contribution in [3.05, 3.63) is 41.8 Å². The zero-order chi connectivity index (χ0) is 14.3. The van der Waals surface area contributed by atoms with Crippen molar-refractivity contribution in [1.82, 2.24) is 4.98 Å². The Morgan fingerprint density at radius 1 is 1.05 bits per heavy atom. The third kappa shape index (κ3) is 1.81. The van der Waals surface area contributed by atoms with Crippen molar-refractivity contribution >= 4 is 22.9 Å². The molecule has 0 aliphatic heterocycles. The summed E-state index contributed by atoms with van der Waals surface area (Å²) in [6, 6.07) is 8.69. The highest BCUT2D eigenvalue weighted by molar-refractivity contribution is 5.98. The second-order valence-corrected chi connectivity index (χ2v) is 3.96. The van der Waals surface area contributed by atoms with E-state index in [4.69, 9.17) is 19.0 Å². The standard InChI is InChI=1S/C13H7NO6/c15-12(16)9-10(13(17)18)20-11(14-9)8-5-6-3-1-2-4-7(6)19-8/h1-5H,(H,15,16)(H,17,18). The van der Waals surface area contributed by atoms with Gasteiger partial charge in [-0.1, -0.05) is 18.2 Å². The van der Waals surface area contributed by atoms with Crippen LogP contribution in [0.5, 0.6) is 0 Å². The number of rotatable bonds is 3. The fraction of sp³-hybridized carbons (Fsp3) is 0. The summed E-state index contributed by atoms with van der Waals surface area (Å²) in [6.07, 6.45) is 0. The average Bonchev–Trinajstić information content (AvgIpc) is 3.02. The molecule has 0 unspecified atom stereocenters. The van der Waals surface area contributed by atoms with E-state index in [1.54, 1.807) is 24.3 Å². The number of carboxylic acid groups (broad SMARTS) is 2. The van der Waals surface area contributed by atoms with E-state index < -0.39 is 23.4 Å². The van der Waals surface area contributed by atoms with Gasteiger partial charge in [-0.3, -0.25) is 0 Å². The Morgan fingerprint density at radius 2 is 1.80 bits per heavy atom. The number of nitrogens with zero attached hydrogens (tertiary/aromatic N) is 1. The monoisotopic (exact) mass is 273 g/mol. The van der Waals surface area contributed by atoms with E-state index in [9.17, 15) is 9.59 Å². The zero-order valence-electron chi connectivity index (χ0n) is 9.86. The van der Waals surface area contributed by atoms with Crippen molar-refractivity contribution in [3.63, 3.8) is 0 Å². The van der Waals surface area contributed by atoms with Crippen molar-refractivity contribution in [2.45, 2.75) is 0 Å². The number of benzene rings is 1. The van der Waals surface area contributed by atoms with Gasteiger partial charge in [-0.15, -0.1) is 0 Å². The molecular formula is C13H7NO6. The molecule has 0 bridgehead atoms. The summed E-state index contributed by atoms with van der Waals surface area (Å²) >= 11 is 0. The van der Waals surface area contributed by atoms with Crippen LogP contribution < -0.4 is 0 Å². The zero-order valence-corrected chi connectivity index (χ0v) is 9.86. The first-order valence-electron chi connectivity index (χ1n) is 5.52. The molecule has 2 aromatic heterocycles. The van der Waals surface area contributed by atoms with Crippen LogP contribution in [-0.4, -0.2) is 27.1 Å². The first-order chi connectivity index (χ1) is 9.56. The quantitative estimate of drug-likeness (QED) is 0.753. The molecule has 0 saturated heterocycles. The number of hydrogen-bond acceptors (Lipinski definition) is 5. The number of furan rings is 1. The first kappa shape index (κ1) is 12.0. The number of carboxylic acids is 2. The summed E-state index contributed by atoms with van der Waals surface area (Å²) in [6.45, 7) is 0. The van der Waals surface area contributed by atoms with Gasteiger partial charge in [0.15, 0.2) is 5.76 Å². The van der Waals surface area contributed by atoms with Gasteiger partial charge < -0.3 is 19.0 Å². The lowest BCUT2D eigenvalue weighted by Gasteiger charge is -1.87. The van der Waals surface area contributed by atoms with E-state index in [1.807, 2.05) is 6.07 Å². The molecule has 0 aliphatic carbocycles. The van der Waals surface area contributed by atoms with Gasteiger partial charge in [-0.05, 0) is 12.1 Å². The summed E-state index contributed by atoms with van der Waals surface area (Å²) in [5, 5.41) is 18.6. The Morgan fingerprint density at radius 3 is 2.40 bits per heavy atom. The molecule has 0 radical (unpaired) electrons. The van der Waals surface area contributed by atoms with Crippen LogP contribution in [0.15, 0.2) is 39.2 Å². The Kier molecular flexibility index (Phi) is 2.53. The van der Waals surface area contributed by atoms with Crippen LogP contribution in [0, 0.1) is 0 Å². The second kappa shape index (κ2) is 4.23. The molecule has 100 valence electrons. The maximum Gasteiger partial charge on any atom is 0.374 e. The molecule has 2 heterocycles. The minimum Gasteiger partial charge on any atom is -0.476 e. The van der Waals surface area contributed by atoms with Crippen LogP contribution in [0.2, 0.25) is 0 Å². The summed E-state index contributed by atoms with van der Waals surface area (Å²) in [4.78, 5) is 25.5. The highest BCUT2D eigenvalue weighted by Crippen LogP contribution is 2.28. The van der Waals surface area contributed by atoms with E-state index in [-0.39, 0.29) is 11.7 Å². The number of aromatic carboxylic acids is 2. The third-order valence-electron chi connectivity index (χ3n) is 2.66. The van der Waals surface area contributed by atoms with E-state index in [2.05, 4.69) is 4.98 Å². The Balaban J connectivity index is 2.16. The van der Waals surface area contributed by atoms with Crippen molar-refractivity contribution in [2.75, 3.05) is 0 Å². The smallest absolute Gasteiger partial charge is 0.374 e. The molecule has 0 spiro atoms. The minimum absolute atomic E-state index is 0.168. The van der Waals surface area contributed by atoms with Gasteiger partial charge in [0.25, 0.3) is 5.89 Å². The fourth-order valence-electron chi connectivity index (χ4n) is 1.80. The summed E-state index contributed by atoms with van der Waals surface area (Å²) < 4.78 is 10.4. The lowest BCUT2D eigenvalue weighted by atomic mass is 10.2. The van der Waals surface area contributed by atoms with Crippen LogP contribution in [0.3, 0.4) is 0 Å². The molecule has 3 rings (SSSR count). The first-order valence-corrected chi connectivity index (χ1v) is 5.52. The van der Waals surface area contributed by atoms with Crippen molar-refractivity contribution in [2.24, 2.45) is 0 Å². The number of para-hydroxylation sites is 1. The largest absolute Gasteiger partial charge is 0.476 e. The van der Waals surface area contributed by atoms with Crippen LogP contribution in [0.4, 0.5) is 0 Å². The van der Waals surface area contributed by atoms with Crippen LogP contribution >= 0.6 is 0 Å². The van der Waals surface area contributed by atoms with Gasteiger partial charge in [0.1, 0.15) is 5.58 Å². The Labute approximate surface area is 111 Å². The predicted octanol–water partition coefficient (Wildman–Crippen LogP) is 2.48. The summed E-state index contributed by atoms with van der Waals surface area (Å²) in [5.74, 6) is -3.73. The van der Waals surface area contributed by atoms with Gasteiger partial charge in [-0.2, -0.15) is 4.98 Å². The van der Waals surface area contributed by atoms with Gasteiger partial charge in [0, 0.05) is 5.39 Å². The van der Waals surface area contributed by atoms with E-state index in [0.29, 0.717) is 5.58 Å². The number of aromatic nitrogens is 1. The maximum atomic E-state index is 10.9. The number of carbonyl (C=O) groups is 2. The van der Waals surface area contributed by atoms with Crippen LogP contribution in [-0.2, 0) is 0 Å². The molecule has 1 aromatic carbocycles. The molecule has 0 atom stereocenters. The predicted molar refractivity (Wildman–Crippen MR) is 65.6 cm³/mol. The molecule has 7 nitrogen and oxygen atoms in total. The molecule has 2 N–H and O–H groups in total. The highest BCUT2D eigenvalue weighted by atomic mass is 16.4. The maximum absolute atomic E-state index is 10.9. The summed E-state index contributed by atoms with van der Waals surface area (Å²) in [5.41, 5.74) is -0.0950. The van der Waals surface area contributed by atoms with E-state index >= 15 is 0 Å². The Hall–Kier alpha value is -3.09. The second-order valence-electron chi connectivity index (χ2n) is 3.96. The number of hydrogen-bond donors (Lipinski definition) is 2. The molecule has 0 aliphatic rings. The number of fused-ring (bicyclic) bond motifs is 1. The minimum atomic E-state index is -1.50.